The Morgan fingerprint density at radius 3 is 2.42 bits per heavy atom. The molecule has 1 fully saturated rings. The molecule has 3 atom stereocenters. The predicted molar refractivity (Wildman–Crippen MR) is 104 cm³/mol. The van der Waals surface area contributed by atoms with Crippen LogP contribution in [0.25, 0.3) is 0 Å². The number of nitrogens with two attached hydrogens (primary N) is 3. The zero-order valence-electron chi connectivity index (χ0n) is 14.6. The van der Waals surface area contributed by atoms with Crippen molar-refractivity contribution in [1.29, 1.82) is 0 Å². The fourth-order valence-corrected chi connectivity index (χ4v) is 5.34. The molecule has 24 heavy (non-hydrogen) atoms. The van der Waals surface area contributed by atoms with E-state index in [4.69, 9.17) is 33.8 Å². The summed E-state index contributed by atoms with van der Waals surface area (Å²) in [5, 5.41) is 1.40. The summed E-state index contributed by atoms with van der Waals surface area (Å²) in [7, 11) is 0. The highest BCUT2D eigenvalue weighted by Crippen LogP contribution is 2.42. The van der Waals surface area contributed by atoms with Gasteiger partial charge in [0, 0.05) is 21.7 Å². The van der Waals surface area contributed by atoms with Gasteiger partial charge in [0.25, 0.3) is 0 Å². The topological polar surface area (TPSA) is 93.7 Å². The molecule has 0 aromatic carbocycles. The van der Waals surface area contributed by atoms with Crippen molar-refractivity contribution < 1.29 is 0 Å². The number of rotatable bonds is 2. The third-order valence-corrected chi connectivity index (χ3v) is 6.96. The Bertz CT molecular complexity index is 633. The first-order chi connectivity index (χ1) is 11.3. The number of alkyl halides is 1. The van der Waals surface area contributed by atoms with Gasteiger partial charge in [0.2, 0.25) is 0 Å². The van der Waals surface area contributed by atoms with E-state index in [0.29, 0.717) is 5.92 Å². The highest BCUT2D eigenvalue weighted by molar-refractivity contribution is 7.16. The second-order valence-electron chi connectivity index (χ2n) is 7.06. The molecule has 1 saturated carbocycles. The molecule has 3 unspecified atom stereocenters. The van der Waals surface area contributed by atoms with Crippen LogP contribution in [0.4, 0.5) is 5.00 Å². The van der Waals surface area contributed by atoms with Crippen molar-refractivity contribution in [2.24, 2.45) is 28.1 Å². The summed E-state index contributed by atoms with van der Waals surface area (Å²) in [6.45, 7) is 6.26. The van der Waals surface area contributed by atoms with Crippen molar-refractivity contribution in [3.63, 3.8) is 0 Å². The fourth-order valence-electron chi connectivity index (χ4n) is 3.79. The number of fused-ring (bicyclic) bond motifs is 1. The van der Waals surface area contributed by atoms with Crippen molar-refractivity contribution in [3.05, 3.63) is 16.0 Å². The number of thiophene rings is 1. The van der Waals surface area contributed by atoms with Gasteiger partial charge in [-0.15, -0.1) is 22.9 Å². The van der Waals surface area contributed by atoms with Crippen LogP contribution < -0.4 is 22.1 Å². The Hall–Kier alpha value is -0.660. The number of halogens is 1. The van der Waals surface area contributed by atoms with E-state index in [2.05, 4.69) is 13.8 Å². The Morgan fingerprint density at radius 2 is 1.83 bits per heavy atom. The standard InChI is InChI=1S/C17H28ClN5S/c1-8-9(2)24-17-13(8)14(11-4-6-12(18)7-5-11)22-15(20)16(21)23(17)10(3)19/h10-12,15-16H,4-7,19-21H2,1-3H3. The van der Waals surface area contributed by atoms with E-state index in [0.717, 1.165) is 36.4 Å². The van der Waals surface area contributed by atoms with E-state index in [9.17, 15) is 0 Å². The normalized spacial score (nSPS) is 32.1. The van der Waals surface area contributed by atoms with E-state index in [1.54, 1.807) is 11.3 Å². The highest BCUT2D eigenvalue weighted by Gasteiger charge is 2.36. The van der Waals surface area contributed by atoms with E-state index in [1.165, 1.54) is 16.0 Å². The van der Waals surface area contributed by atoms with Gasteiger partial charge in [0.05, 0.1) is 11.9 Å². The number of aryl methyl sites for hydroxylation is 1. The molecular weight excluding hydrogens is 342 g/mol. The second kappa shape index (κ2) is 6.92. The third-order valence-electron chi connectivity index (χ3n) is 5.30. The molecule has 0 bridgehead atoms. The van der Waals surface area contributed by atoms with Gasteiger partial charge in [-0.25, -0.2) is 0 Å². The SMILES string of the molecule is Cc1sc2c(c1C)C(C1CCC(Cl)CC1)=NC(N)C(N)N2C(C)N. The highest BCUT2D eigenvalue weighted by atomic mass is 35.5. The van der Waals surface area contributed by atoms with Gasteiger partial charge in [0.15, 0.2) is 0 Å². The average molecular weight is 370 g/mol. The second-order valence-corrected chi connectivity index (χ2v) is 8.88. The molecule has 1 aromatic rings. The fraction of sp³-hybridized carbons (Fsp3) is 0.706. The van der Waals surface area contributed by atoms with E-state index in [1.807, 2.05) is 11.8 Å². The van der Waals surface area contributed by atoms with Crippen molar-refractivity contribution in [2.75, 3.05) is 4.90 Å². The molecule has 5 nitrogen and oxygen atoms in total. The first-order valence-electron chi connectivity index (χ1n) is 8.68. The van der Waals surface area contributed by atoms with Gasteiger partial charge in [0.1, 0.15) is 17.3 Å². The first kappa shape index (κ1) is 18.1. The van der Waals surface area contributed by atoms with Crippen LogP contribution in [0.3, 0.4) is 0 Å². The molecule has 2 heterocycles. The maximum Gasteiger partial charge on any atom is 0.131 e. The summed E-state index contributed by atoms with van der Waals surface area (Å²) in [4.78, 5) is 8.21. The molecule has 2 aliphatic rings. The molecule has 1 aliphatic carbocycles. The van der Waals surface area contributed by atoms with Gasteiger partial charge < -0.3 is 22.1 Å². The molecule has 6 N–H and O–H groups in total. The zero-order valence-corrected chi connectivity index (χ0v) is 16.2. The van der Waals surface area contributed by atoms with E-state index >= 15 is 0 Å². The molecule has 1 aliphatic heterocycles. The predicted octanol–water partition coefficient (Wildman–Crippen LogP) is 2.65. The van der Waals surface area contributed by atoms with Crippen LogP contribution in [-0.4, -0.2) is 29.6 Å². The molecule has 0 amide bonds. The minimum Gasteiger partial charge on any atom is -0.329 e. The van der Waals surface area contributed by atoms with E-state index in [-0.39, 0.29) is 11.5 Å². The molecule has 1 aromatic heterocycles. The van der Waals surface area contributed by atoms with Crippen molar-refractivity contribution in [3.8, 4) is 0 Å². The van der Waals surface area contributed by atoms with Crippen LogP contribution in [-0.2, 0) is 0 Å². The average Bonchev–Trinajstić information content (AvgIpc) is 2.74. The largest absolute Gasteiger partial charge is 0.329 e. The van der Waals surface area contributed by atoms with Crippen LogP contribution in [0.2, 0.25) is 0 Å². The van der Waals surface area contributed by atoms with Crippen molar-refractivity contribution in [2.45, 2.75) is 70.3 Å². The summed E-state index contributed by atoms with van der Waals surface area (Å²) in [5.41, 5.74) is 22.6. The molecular formula is C17H28ClN5S. The lowest BCUT2D eigenvalue weighted by Crippen LogP contribution is -2.58. The quantitative estimate of drug-likeness (QED) is 0.698. The lowest BCUT2D eigenvalue weighted by atomic mass is 9.82. The Labute approximate surface area is 153 Å². The Morgan fingerprint density at radius 1 is 1.21 bits per heavy atom. The summed E-state index contributed by atoms with van der Waals surface area (Å²) in [5.74, 6) is 0.401. The Kier molecular flexibility index (Phi) is 5.23. The molecule has 134 valence electrons. The third kappa shape index (κ3) is 3.10. The summed E-state index contributed by atoms with van der Waals surface area (Å²) >= 11 is 8.04. The van der Waals surface area contributed by atoms with Crippen molar-refractivity contribution in [1.82, 2.24) is 0 Å². The molecule has 7 heteroatoms. The van der Waals surface area contributed by atoms with Gasteiger partial charge >= 0.3 is 0 Å². The number of aliphatic imine (C=N–C) groups is 1. The lowest BCUT2D eigenvalue weighted by Gasteiger charge is -2.34. The summed E-state index contributed by atoms with van der Waals surface area (Å²) in [6, 6.07) is 0. The summed E-state index contributed by atoms with van der Waals surface area (Å²) < 4.78 is 0. The van der Waals surface area contributed by atoms with Crippen LogP contribution >= 0.6 is 22.9 Å². The Balaban J connectivity index is 2.11. The monoisotopic (exact) mass is 369 g/mol. The van der Waals surface area contributed by atoms with Gasteiger partial charge in [-0.2, -0.15) is 0 Å². The smallest absolute Gasteiger partial charge is 0.131 e. The van der Waals surface area contributed by atoms with E-state index < -0.39 is 12.3 Å². The number of hydrogen-bond donors (Lipinski definition) is 3. The van der Waals surface area contributed by atoms with Gasteiger partial charge in [-0.05, 0) is 52.0 Å². The lowest BCUT2D eigenvalue weighted by molar-refractivity contribution is 0.439. The van der Waals surface area contributed by atoms with Crippen molar-refractivity contribution >= 4 is 33.7 Å². The molecule has 0 saturated heterocycles. The van der Waals surface area contributed by atoms with Crippen LogP contribution in [0.15, 0.2) is 4.99 Å². The van der Waals surface area contributed by atoms with Crippen LogP contribution in [0, 0.1) is 19.8 Å². The number of nitrogens with zero attached hydrogens (tertiary/aromatic N) is 2. The molecule has 0 radical (unpaired) electrons. The minimum absolute atomic E-state index is 0.213. The number of hydrogen-bond acceptors (Lipinski definition) is 6. The van der Waals surface area contributed by atoms with Crippen LogP contribution in [0.5, 0.6) is 0 Å². The summed E-state index contributed by atoms with van der Waals surface area (Å²) in [6.07, 6.45) is 3.07. The van der Waals surface area contributed by atoms with Crippen LogP contribution in [0.1, 0.15) is 48.6 Å². The van der Waals surface area contributed by atoms with Gasteiger partial charge in [-0.1, -0.05) is 0 Å². The molecule has 3 rings (SSSR count). The van der Waals surface area contributed by atoms with Gasteiger partial charge in [-0.3, -0.25) is 4.99 Å². The first-order valence-corrected chi connectivity index (χ1v) is 9.93. The molecule has 0 spiro atoms. The maximum atomic E-state index is 6.41. The minimum atomic E-state index is -0.473. The number of anilines is 1. The zero-order chi connectivity index (χ0) is 17.6. The maximum absolute atomic E-state index is 6.41.